The molecule has 1 fully saturated rings. The van der Waals surface area contributed by atoms with Crippen molar-refractivity contribution in [2.24, 2.45) is 0 Å². The van der Waals surface area contributed by atoms with Gasteiger partial charge in [0.2, 0.25) is 0 Å². The molecule has 1 aromatic carbocycles. The molecule has 1 saturated heterocycles. The first-order chi connectivity index (χ1) is 10.6. The van der Waals surface area contributed by atoms with Gasteiger partial charge >= 0.3 is 5.97 Å². The molecular formula is C16H21NO5. The van der Waals surface area contributed by atoms with Crippen LogP contribution in [0.25, 0.3) is 0 Å². The van der Waals surface area contributed by atoms with Crippen molar-refractivity contribution >= 4 is 11.9 Å². The molecular weight excluding hydrogens is 286 g/mol. The van der Waals surface area contributed by atoms with Crippen LogP contribution in [0.4, 0.5) is 0 Å². The van der Waals surface area contributed by atoms with Crippen molar-refractivity contribution in [3.63, 3.8) is 0 Å². The van der Waals surface area contributed by atoms with E-state index in [-0.39, 0.29) is 19.4 Å². The van der Waals surface area contributed by atoms with Crippen LogP contribution < -0.4 is 10.1 Å². The lowest BCUT2D eigenvalue weighted by molar-refractivity contribution is -0.152. The van der Waals surface area contributed by atoms with Crippen molar-refractivity contribution in [3.8, 4) is 5.75 Å². The molecule has 6 nitrogen and oxygen atoms in total. The number of benzene rings is 1. The quantitative estimate of drug-likeness (QED) is 0.829. The molecule has 0 unspecified atom stereocenters. The molecule has 0 bridgehead atoms. The molecule has 0 aliphatic carbocycles. The highest BCUT2D eigenvalue weighted by Gasteiger charge is 2.41. The van der Waals surface area contributed by atoms with Crippen molar-refractivity contribution in [1.82, 2.24) is 5.32 Å². The SMILES string of the molecule is CCc1ccc(OCC(=O)NC2(C(=O)O)CCOCC2)cc1. The normalized spacial score (nSPS) is 16.8. The maximum atomic E-state index is 12.0. The van der Waals surface area contributed by atoms with Gasteiger partial charge in [-0.25, -0.2) is 4.79 Å². The third kappa shape index (κ3) is 3.98. The molecule has 2 N–H and O–H groups in total. The Bertz CT molecular complexity index is 520. The Hall–Kier alpha value is -2.08. The Kier molecular flexibility index (Phi) is 5.38. The summed E-state index contributed by atoms with van der Waals surface area (Å²) in [5.41, 5.74) is -0.0612. The Morgan fingerprint density at radius 1 is 1.27 bits per heavy atom. The Balaban J connectivity index is 1.89. The summed E-state index contributed by atoms with van der Waals surface area (Å²) in [5, 5.41) is 12.0. The van der Waals surface area contributed by atoms with E-state index in [0.29, 0.717) is 19.0 Å². The van der Waals surface area contributed by atoms with Gasteiger partial charge in [-0.3, -0.25) is 4.79 Å². The Morgan fingerprint density at radius 2 is 1.91 bits per heavy atom. The Labute approximate surface area is 129 Å². The summed E-state index contributed by atoms with van der Waals surface area (Å²) in [5.74, 6) is -0.885. The summed E-state index contributed by atoms with van der Waals surface area (Å²) >= 11 is 0. The molecule has 1 aliphatic rings. The van der Waals surface area contributed by atoms with E-state index in [1.165, 1.54) is 5.56 Å². The molecule has 0 spiro atoms. The average Bonchev–Trinajstić information content (AvgIpc) is 2.54. The van der Waals surface area contributed by atoms with Crippen LogP contribution in [0, 0.1) is 0 Å². The van der Waals surface area contributed by atoms with E-state index in [0.717, 1.165) is 6.42 Å². The molecule has 1 heterocycles. The maximum Gasteiger partial charge on any atom is 0.329 e. The fourth-order valence-corrected chi connectivity index (χ4v) is 2.39. The predicted molar refractivity (Wildman–Crippen MR) is 79.9 cm³/mol. The Morgan fingerprint density at radius 3 is 2.45 bits per heavy atom. The fourth-order valence-electron chi connectivity index (χ4n) is 2.39. The van der Waals surface area contributed by atoms with Gasteiger partial charge in [0.1, 0.15) is 11.3 Å². The van der Waals surface area contributed by atoms with Gasteiger partial charge in [0, 0.05) is 26.1 Å². The van der Waals surface area contributed by atoms with E-state index in [1.807, 2.05) is 12.1 Å². The first kappa shape index (κ1) is 16.3. The summed E-state index contributed by atoms with van der Waals surface area (Å²) < 4.78 is 10.6. The standard InChI is InChI=1S/C16H21NO5/c1-2-12-3-5-13(6-4-12)22-11-14(18)17-16(15(19)20)7-9-21-10-8-16/h3-6H,2,7-11H2,1H3,(H,17,18)(H,19,20). The van der Waals surface area contributed by atoms with E-state index in [9.17, 15) is 14.7 Å². The lowest BCUT2D eigenvalue weighted by atomic mass is 9.90. The van der Waals surface area contributed by atoms with E-state index >= 15 is 0 Å². The lowest BCUT2D eigenvalue weighted by Crippen LogP contribution is -2.58. The number of carbonyl (C=O) groups is 2. The molecule has 0 radical (unpaired) electrons. The lowest BCUT2D eigenvalue weighted by Gasteiger charge is -2.33. The van der Waals surface area contributed by atoms with Crippen LogP contribution in [-0.4, -0.2) is 42.3 Å². The first-order valence-electron chi connectivity index (χ1n) is 7.39. The average molecular weight is 307 g/mol. The number of rotatable bonds is 6. The summed E-state index contributed by atoms with van der Waals surface area (Å²) in [7, 11) is 0. The van der Waals surface area contributed by atoms with Gasteiger partial charge in [-0.2, -0.15) is 0 Å². The number of amides is 1. The zero-order valence-electron chi connectivity index (χ0n) is 12.6. The molecule has 6 heteroatoms. The van der Waals surface area contributed by atoms with Crippen molar-refractivity contribution in [2.45, 2.75) is 31.7 Å². The smallest absolute Gasteiger partial charge is 0.329 e. The van der Waals surface area contributed by atoms with Gasteiger partial charge in [-0.1, -0.05) is 19.1 Å². The third-order valence-corrected chi connectivity index (χ3v) is 3.84. The molecule has 0 aromatic heterocycles. The van der Waals surface area contributed by atoms with Gasteiger partial charge < -0.3 is 19.9 Å². The number of carbonyl (C=O) groups excluding carboxylic acids is 1. The van der Waals surface area contributed by atoms with Crippen molar-refractivity contribution < 1.29 is 24.2 Å². The van der Waals surface area contributed by atoms with Gasteiger partial charge in [0.25, 0.3) is 5.91 Å². The molecule has 0 saturated carbocycles. The van der Waals surface area contributed by atoms with Crippen molar-refractivity contribution in [1.29, 1.82) is 0 Å². The van der Waals surface area contributed by atoms with Gasteiger partial charge in [0.15, 0.2) is 6.61 Å². The van der Waals surface area contributed by atoms with Gasteiger partial charge in [-0.05, 0) is 24.1 Å². The summed E-state index contributed by atoms with van der Waals surface area (Å²) in [6, 6.07) is 7.47. The van der Waals surface area contributed by atoms with Crippen LogP contribution in [0.3, 0.4) is 0 Å². The number of nitrogens with one attached hydrogen (secondary N) is 1. The maximum absolute atomic E-state index is 12.0. The van der Waals surface area contributed by atoms with E-state index in [2.05, 4.69) is 12.2 Å². The fraction of sp³-hybridized carbons (Fsp3) is 0.500. The molecule has 1 aliphatic heterocycles. The van der Waals surface area contributed by atoms with Crippen molar-refractivity contribution in [3.05, 3.63) is 29.8 Å². The molecule has 120 valence electrons. The second-order valence-corrected chi connectivity index (χ2v) is 5.33. The summed E-state index contributed by atoms with van der Waals surface area (Å²) in [6.07, 6.45) is 1.46. The minimum atomic E-state index is -1.25. The van der Waals surface area contributed by atoms with Crippen LogP contribution >= 0.6 is 0 Å². The summed E-state index contributed by atoms with van der Waals surface area (Å²) in [6.45, 7) is 2.50. The van der Waals surface area contributed by atoms with Crippen LogP contribution in [0.5, 0.6) is 5.75 Å². The van der Waals surface area contributed by atoms with Gasteiger partial charge in [-0.15, -0.1) is 0 Å². The minimum absolute atomic E-state index is 0.207. The number of ether oxygens (including phenoxy) is 2. The number of aryl methyl sites for hydroxylation is 1. The molecule has 0 atom stereocenters. The van der Waals surface area contributed by atoms with Crippen LogP contribution in [0.1, 0.15) is 25.3 Å². The number of aliphatic carboxylic acids is 1. The molecule has 1 aromatic rings. The molecule has 2 rings (SSSR count). The van der Waals surface area contributed by atoms with E-state index in [1.54, 1.807) is 12.1 Å². The first-order valence-corrected chi connectivity index (χ1v) is 7.39. The van der Waals surface area contributed by atoms with Crippen LogP contribution in [0.15, 0.2) is 24.3 Å². The zero-order valence-corrected chi connectivity index (χ0v) is 12.6. The van der Waals surface area contributed by atoms with Crippen LogP contribution in [-0.2, 0) is 20.7 Å². The highest BCUT2D eigenvalue weighted by Crippen LogP contribution is 2.21. The summed E-state index contributed by atoms with van der Waals surface area (Å²) in [4.78, 5) is 23.4. The second kappa shape index (κ2) is 7.26. The minimum Gasteiger partial charge on any atom is -0.484 e. The highest BCUT2D eigenvalue weighted by molar-refractivity contribution is 5.87. The van der Waals surface area contributed by atoms with Gasteiger partial charge in [0.05, 0.1) is 0 Å². The molecule has 1 amide bonds. The molecule has 22 heavy (non-hydrogen) atoms. The second-order valence-electron chi connectivity index (χ2n) is 5.33. The van der Waals surface area contributed by atoms with E-state index < -0.39 is 17.4 Å². The van der Waals surface area contributed by atoms with E-state index in [4.69, 9.17) is 9.47 Å². The van der Waals surface area contributed by atoms with Crippen LogP contribution in [0.2, 0.25) is 0 Å². The predicted octanol–water partition coefficient (Wildman–Crippen LogP) is 1.38. The highest BCUT2D eigenvalue weighted by atomic mass is 16.5. The topological polar surface area (TPSA) is 84.9 Å². The number of hydrogen-bond acceptors (Lipinski definition) is 4. The zero-order chi connectivity index (χ0) is 16.0. The third-order valence-electron chi connectivity index (χ3n) is 3.84. The van der Waals surface area contributed by atoms with Crippen molar-refractivity contribution in [2.75, 3.05) is 19.8 Å². The number of carboxylic acid groups (broad SMARTS) is 1. The number of hydrogen-bond donors (Lipinski definition) is 2. The largest absolute Gasteiger partial charge is 0.484 e. The number of carboxylic acids is 1. The monoisotopic (exact) mass is 307 g/mol.